The minimum absolute atomic E-state index is 0.0936. The first-order valence-corrected chi connectivity index (χ1v) is 6.35. The molecule has 3 rings (SSSR count). The summed E-state index contributed by atoms with van der Waals surface area (Å²) in [7, 11) is 0. The van der Waals surface area contributed by atoms with Crippen LogP contribution in [0.15, 0.2) is 30.7 Å². The molecular weight excluding hydrogens is 299 g/mol. The summed E-state index contributed by atoms with van der Waals surface area (Å²) in [5.41, 5.74) is 8.47. The molecule has 2 aromatic heterocycles. The lowest BCUT2D eigenvalue weighted by atomic mass is 10.2. The zero-order valence-electron chi connectivity index (χ0n) is 10.0. The molecule has 1 aromatic carbocycles. The Morgan fingerprint density at radius 3 is 2.70 bits per heavy atom. The summed E-state index contributed by atoms with van der Waals surface area (Å²) in [5.74, 6) is 0.376. The number of rotatable bonds is 2. The second kappa shape index (κ2) is 5.07. The number of nitrogens with one attached hydrogen (secondary N) is 1. The summed E-state index contributed by atoms with van der Waals surface area (Å²) in [6, 6.07) is 3.58. The summed E-state index contributed by atoms with van der Waals surface area (Å²) in [5, 5.41) is 3.45. The van der Waals surface area contributed by atoms with Gasteiger partial charge in [0.05, 0.1) is 23.1 Å². The largest absolute Gasteiger partial charge is 0.395 e. The van der Waals surface area contributed by atoms with Crippen molar-refractivity contribution in [1.29, 1.82) is 0 Å². The monoisotopic (exact) mass is 306 g/mol. The highest BCUT2D eigenvalue weighted by molar-refractivity contribution is 6.33. The van der Waals surface area contributed by atoms with E-state index in [2.05, 4.69) is 25.3 Å². The third-order valence-electron chi connectivity index (χ3n) is 2.65. The fraction of sp³-hybridized carbons (Fsp3) is 0. The number of nitrogens with zero attached hydrogens (tertiary/aromatic N) is 4. The Labute approximate surface area is 124 Å². The van der Waals surface area contributed by atoms with Crippen LogP contribution >= 0.6 is 23.2 Å². The van der Waals surface area contributed by atoms with Crippen LogP contribution in [0.4, 0.5) is 17.2 Å². The lowest BCUT2D eigenvalue weighted by molar-refractivity contribution is 1.17. The van der Waals surface area contributed by atoms with Gasteiger partial charge in [-0.15, -0.1) is 0 Å². The smallest absolute Gasteiger partial charge is 0.224 e. The second-order valence-corrected chi connectivity index (χ2v) is 4.66. The predicted molar refractivity (Wildman–Crippen MR) is 79.3 cm³/mol. The van der Waals surface area contributed by atoms with Crippen LogP contribution in [-0.2, 0) is 0 Å². The van der Waals surface area contributed by atoms with Crippen molar-refractivity contribution in [2.45, 2.75) is 0 Å². The maximum absolute atomic E-state index is 6.07. The summed E-state index contributed by atoms with van der Waals surface area (Å²) < 4.78 is 0. The number of nitrogens with two attached hydrogens (primary N) is 1. The Balaban J connectivity index is 2.07. The minimum atomic E-state index is 0.0936. The van der Waals surface area contributed by atoms with Crippen molar-refractivity contribution in [1.82, 2.24) is 19.9 Å². The minimum Gasteiger partial charge on any atom is -0.395 e. The highest BCUT2D eigenvalue weighted by atomic mass is 35.5. The number of fused-ring (bicyclic) bond motifs is 1. The number of halogens is 2. The van der Waals surface area contributed by atoms with Crippen LogP contribution in [0.3, 0.4) is 0 Å². The van der Waals surface area contributed by atoms with E-state index in [0.29, 0.717) is 33.2 Å². The Kier molecular flexibility index (Phi) is 3.25. The molecule has 3 N–H and O–H groups in total. The highest BCUT2D eigenvalue weighted by Crippen LogP contribution is 2.30. The van der Waals surface area contributed by atoms with E-state index < -0.39 is 0 Å². The van der Waals surface area contributed by atoms with Gasteiger partial charge in [0.1, 0.15) is 10.5 Å². The number of anilines is 3. The van der Waals surface area contributed by atoms with E-state index in [1.165, 1.54) is 6.20 Å². The third kappa shape index (κ3) is 2.31. The standard InChI is InChI=1S/C12H8Cl2N6/c13-6-5-18-12(14)20-11(6)19-7-1-2-8-10(9(7)15)17-4-3-16-8/h1-5H,15H2,(H,18,19,20). The Bertz CT molecular complexity index is 792. The van der Waals surface area contributed by atoms with Gasteiger partial charge in [-0.25, -0.2) is 4.98 Å². The summed E-state index contributed by atoms with van der Waals surface area (Å²) in [4.78, 5) is 16.2. The average Bonchev–Trinajstić information content (AvgIpc) is 2.46. The maximum atomic E-state index is 6.07. The van der Waals surface area contributed by atoms with Gasteiger partial charge >= 0.3 is 0 Å². The number of nitrogen functional groups attached to an aromatic ring is 1. The quantitative estimate of drug-likeness (QED) is 0.558. The van der Waals surface area contributed by atoms with Gasteiger partial charge in [0.15, 0.2) is 5.82 Å². The molecule has 0 spiro atoms. The molecule has 0 aliphatic rings. The number of hydrogen-bond acceptors (Lipinski definition) is 6. The van der Waals surface area contributed by atoms with Crippen LogP contribution in [0.2, 0.25) is 10.3 Å². The maximum Gasteiger partial charge on any atom is 0.224 e. The molecule has 0 fully saturated rings. The van der Waals surface area contributed by atoms with E-state index in [1.807, 2.05) is 0 Å². The first-order chi connectivity index (χ1) is 9.65. The predicted octanol–water partition coefficient (Wildman–Crippen LogP) is 3.05. The molecule has 100 valence electrons. The van der Waals surface area contributed by atoms with Gasteiger partial charge in [0, 0.05) is 12.4 Å². The molecule has 6 nitrogen and oxygen atoms in total. The van der Waals surface area contributed by atoms with Crippen LogP contribution in [0, 0.1) is 0 Å². The fourth-order valence-corrected chi connectivity index (χ4v) is 2.00. The molecule has 0 unspecified atom stereocenters. The molecule has 0 amide bonds. The molecule has 0 atom stereocenters. The Morgan fingerprint density at radius 1 is 1.05 bits per heavy atom. The van der Waals surface area contributed by atoms with Crippen molar-refractivity contribution in [2.24, 2.45) is 0 Å². The van der Waals surface area contributed by atoms with Crippen LogP contribution < -0.4 is 11.1 Å². The van der Waals surface area contributed by atoms with Crippen molar-refractivity contribution in [3.05, 3.63) is 41.0 Å². The molecule has 0 bridgehead atoms. The zero-order chi connectivity index (χ0) is 14.1. The normalized spacial score (nSPS) is 10.7. The van der Waals surface area contributed by atoms with Crippen molar-refractivity contribution >= 4 is 51.4 Å². The first kappa shape index (κ1) is 12.8. The zero-order valence-corrected chi connectivity index (χ0v) is 11.5. The summed E-state index contributed by atoms with van der Waals surface area (Å²) in [6.07, 6.45) is 4.60. The van der Waals surface area contributed by atoms with E-state index >= 15 is 0 Å². The molecule has 8 heteroatoms. The van der Waals surface area contributed by atoms with Crippen molar-refractivity contribution in [3.8, 4) is 0 Å². The fourth-order valence-electron chi connectivity index (χ4n) is 1.73. The average molecular weight is 307 g/mol. The SMILES string of the molecule is Nc1c(Nc2nc(Cl)ncc2Cl)ccc2nccnc12. The topological polar surface area (TPSA) is 89.6 Å². The Morgan fingerprint density at radius 2 is 1.85 bits per heavy atom. The lowest BCUT2D eigenvalue weighted by Crippen LogP contribution is -2.01. The molecule has 20 heavy (non-hydrogen) atoms. The van der Waals surface area contributed by atoms with Crippen LogP contribution in [0.25, 0.3) is 11.0 Å². The Hall–Kier alpha value is -2.18. The molecule has 0 saturated heterocycles. The number of aromatic nitrogens is 4. The van der Waals surface area contributed by atoms with Gasteiger partial charge in [-0.2, -0.15) is 4.98 Å². The second-order valence-electron chi connectivity index (χ2n) is 3.91. The molecule has 2 heterocycles. The number of benzene rings is 1. The van der Waals surface area contributed by atoms with E-state index in [1.54, 1.807) is 24.5 Å². The molecule has 0 radical (unpaired) electrons. The van der Waals surface area contributed by atoms with E-state index in [-0.39, 0.29) is 5.28 Å². The van der Waals surface area contributed by atoms with E-state index in [9.17, 15) is 0 Å². The van der Waals surface area contributed by atoms with Gasteiger partial charge in [-0.3, -0.25) is 9.97 Å². The lowest BCUT2D eigenvalue weighted by Gasteiger charge is -2.11. The third-order valence-corrected chi connectivity index (χ3v) is 3.11. The highest BCUT2D eigenvalue weighted by Gasteiger charge is 2.10. The van der Waals surface area contributed by atoms with Gasteiger partial charge in [-0.1, -0.05) is 11.6 Å². The summed E-state index contributed by atoms with van der Waals surface area (Å²) in [6.45, 7) is 0. The van der Waals surface area contributed by atoms with Crippen LogP contribution in [0.1, 0.15) is 0 Å². The molecule has 3 aromatic rings. The van der Waals surface area contributed by atoms with E-state index in [0.717, 1.165) is 0 Å². The van der Waals surface area contributed by atoms with Gasteiger partial charge in [-0.05, 0) is 23.7 Å². The molecule has 0 saturated carbocycles. The van der Waals surface area contributed by atoms with Crippen molar-refractivity contribution < 1.29 is 0 Å². The van der Waals surface area contributed by atoms with Crippen molar-refractivity contribution in [3.63, 3.8) is 0 Å². The molecular formula is C12H8Cl2N6. The molecule has 0 aliphatic carbocycles. The number of hydrogen-bond donors (Lipinski definition) is 2. The summed E-state index contributed by atoms with van der Waals surface area (Å²) >= 11 is 11.7. The van der Waals surface area contributed by atoms with Gasteiger partial charge in [0.25, 0.3) is 0 Å². The van der Waals surface area contributed by atoms with E-state index in [4.69, 9.17) is 28.9 Å². The first-order valence-electron chi connectivity index (χ1n) is 5.59. The van der Waals surface area contributed by atoms with Crippen LogP contribution in [-0.4, -0.2) is 19.9 Å². The molecule has 0 aliphatic heterocycles. The van der Waals surface area contributed by atoms with Gasteiger partial charge < -0.3 is 11.1 Å². The van der Waals surface area contributed by atoms with Crippen molar-refractivity contribution in [2.75, 3.05) is 11.1 Å². The van der Waals surface area contributed by atoms with Crippen LogP contribution in [0.5, 0.6) is 0 Å². The van der Waals surface area contributed by atoms with Gasteiger partial charge in [0.2, 0.25) is 5.28 Å².